The monoisotopic (exact) mass is 510 g/mol. The van der Waals surface area contributed by atoms with E-state index in [0.717, 1.165) is 23.2 Å². The number of fused-ring (bicyclic) bond motifs is 3. The van der Waals surface area contributed by atoms with Crippen LogP contribution in [0.15, 0.2) is 71.6 Å². The van der Waals surface area contributed by atoms with Crippen LogP contribution in [0.25, 0.3) is 0 Å². The molecular formula is C27H27FN2O5S. The van der Waals surface area contributed by atoms with Crippen molar-refractivity contribution in [1.29, 1.82) is 0 Å². The summed E-state index contributed by atoms with van der Waals surface area (Å²) in [7, 11) is 0.760. The molecular weight excluding hydrogens is 483 g/mol. The van der Waals surface area contributed by atoms with Crippen molar-refractivity contribution in [3.63, 3.8) is 0 Å². The lowest BCUT2D eigenvalue weighted by Crippen LogP contribution is -2.29. The van der Waals surface area contributed by atoms with Crippen molar-refractivity contribution in [3.05, 3.63) is 83.7 Å². The second-order valence-electron chi connectivity index (χ2n) is 8.77. The number of allylic oxidation sites excluding steroid dienone is 2. The third-order valence-electron chi connectivity index (χ3n) is 6.81. The maximum Gasteiger partial charge on any atom is 0.261 e. The molecule has 0 saturated carbocycles. The first kappa shape index (κ1) is 24.0. The van der Waals surface area contributed by atoms with Gasteiger partial charge in [0, 0.05) is 11.6 Å². The lowest BCUT2D eigenvalue weighted by molar-refractivity contribution is 0.322. The summed E-state index contributed by atoms with van der Waals surface area (Å²) in [5.74, 6) is 1.20. The van der Waals surface area contributed by atoms with Crippen LogP contribution in [-0.2, 0) is 10.0 Å². The van der Waals surface area contributed by atoms with Crippen LogP contribution < -0.4 is 24.2 Å². The molecule has 0 bridgehead atoms. The van der Waals surface area contributed by atoms with Crippen molar-refractivity contribution in [2.75, 3.05) is 31.4 Å². The Labute approximate surface area is 209 Å². The summed E-state index contributed by atoms with van der Waals surface area (Å²) >= 11 is 0. The van der Waals surface area contributed by atoms with E-state index in [1.165, 1.54) is 24.3 Å². The van der Waals surface area contributed by atoms with Crippen molar-refractivity contribution in [3.8, 4) is 17.2 Å². The number of hydrogen-bond acceptors (Lipinski definition) is 6. The van der Waals surface area contributed by atoms with Gasteiger partial charge in [0.15, 0.2) is 11.5 Å². The molecule has 36 heavy (non-hydrogen) atoms. The molecule has 7 nitrogen and oxygen atoms in total. The van der Waals surface area contributed by atoms with Gasteiger partial charge in [-0.2, -0.15) is 0 Å². The molecule has 3 atom stereocenters. The van der Waals surface area contributed by atoms with Gasteiger partial charge in [0.25, 0.3) is 10.0 Å². The summed E-state index contributed by atoms with van der Waals surface area (Å²) in [5.41, 5.74) is 2.61. The Hall–Kier alpha value is -3.72. The number of hydrogen-bond donors (Lipinski definition) is 2. The lowest BCUT2D eigenvalue weighted by Gasteiger charge is -2.38. The summed E-state index contributed by atoms with van der Waals surface area (Å²) in [6, 6.07) is 14.5. The van der Waals surface area contributed by atoms with Crippen LogP contribution >= 0.6 is 0 Å². The van der Waals surface area contributed by atoms with Crippen LogP contribution in [0.3, 0.4) is 0 Å². The van der Waals surface area contributed by atoms with E-state index in [9.17, 15) is 12.8 Å². The van der Waals surface area contributed by atoms with Crippen LogP contribution in [0.5, 0.6) is 17.2 Å². The molecule has 3 aromatic rings. The molecule has 2 N–H and O–H groups in total. The zero-order valence-corrected chi connectivity index (χ0v) is 20.9. The molecule has 1 aliphatic heterocycles. The first-order valence-electron chi connectivity index (χ1n) is 11.5. The fraction of sp³-hybridized carbons (Fsp3) is 0.259. The predicted molar refractivity (Wildman–Crippen MR) is 136 cm³/mol. The maximum absolute atomic E-state index is 14.1. The van der Waals surface area contributed by atoms with Crippen molar-refractivity contribution in [1.82, 2.24) is 0 Å². The van der Waals surface area contributed by atoms with Gasteiger partial charge in [-0.05, 0) is 65.9 Å². The zero-order valence-electron chi connectivity index (χ0n) is 20.1. The van der Waals surface area contributed by atoms with Crippen molar-refractivity contribution in [2.45, 2.75) is 23.3 Å². The third kappa shape index (κ3) is 4.13. The molecule has 2 aliphatic rings. The molecule has 0 aromatic heterocycles. The van der Waals surface area contributed by atoms with Crippen molar-refractivity contribution >= 4 is 21.4 Å². The number of para-hydroxylation sites is 1. The minimum atomic E-state index is -3.98. The van der Waals surface area contributed by atoms with Gasteiger partial charge in [0.2, 0.25) is 5.75 Å². The molecule has 0 spiro atoms. The van der Waals surface area contributed by atoms with E-state index >= 15 is 0 Å². The number of sulfonamides is 1. The van der Waals surface area contributed by atoms with Gasteiger partial charge < -0.3 is 19.5 Å². The third-order valence-corrected chi connectivity index (χ3v) is 8.17. The Morgan fingerprint density at radius 1 is 0.972 bits per heavy atom. The minimum absolute atomic E-state index is 0.00829. The average molecular weight is 511 g/mol. The smallest absolute Gasteiger partial charge is 0.261 e. The van der Waals surface area contributed by atoms with E-state index in [1.54, 1.807) is 39.5 Å². The molecule has 0 amide bonds. The van der Waals surface area contributed by atoms with E-state index in [4.69, 9.17) is 14.2 Å². The van der Waals surface area contributed by atoms with Gasteiger partial charge in [-0.15, -0.1) is 0 Å². The lowest BCUT2D eigenvalue weighted by atomic mass is 9.77. The summed E-state index contributed by atoms with van der Waals surface area (Å²) in [6.45, 7) is 0. The van der Waals surface area contributed by atoms with Crippen LogP contribution in [0.2, 0.25) is 0 Å². The molecule has 5 rings (SSSR count). The summed E-state index contributed by atoms with van der Waals surface area (Å²) < 4.78 is 59.1. The number of rotatable bonds is 7. The van der Waals surface area contributed by atoms with Crippen molar-refractivity contribution < 1.29 is 27.0 Å². The van der Waals surface area contributed by atoms with Crippen LogP contribution in [0.1, 0.15) is 29.5 Å². The number of anilines is 2. The molecule has 188 valence electrons. The van der Waals surface area contributed by atoms with E-state index in [1.807, 2.05) is 12.1 Å². The van der Waals surface area contributed by atoms with E-state index in [0.29, 0.717) is 17.2 Å². The Morgan fingerprint density at radius 2 is 1.69 bits per heavy atom. The Bertz CT molecular complexity index is 1410. The standard InChI is InChI=1S/C27H27FN2O5S/c1-33-24-13-16(14-25(34-2)27(24)35-3)26-19-8-6-7-18(19)20-15-17(11-12-22(20)29-26)36(31,32)30-23-10-5-4-9-21(23)28/h4-7,9-15,18-19,26,29-30H,8H2,1-3H3/t18-,19+,26+/m0/s1. The highest BCUT2D eigenvalue weighted by Crippen LogP contribution is 2.52. The highest BCUT2D eigenvalue weighted by atomic mass is 32.2. The SMILES string of the molecule is COc1cc([C@H]2Nc3ccc(S(=O)(=O)Nc4ccccc4F)cc3[C@H]3C=CC[C@H]32)cc(OC)c1OC. The van der Waals surface area contributed by atoms with Gasteiger partial charge in [-0.1, -0.05) is 24.3 Å². The normalized spacial score (nSPS) is 20.2. The summed E-state index contributed by atoms with van der Waals surface area (Å²) in [4.78, 5) is 0.0802. The quantitative estimate of drug-likeness (QED) is 0.410. The number of benzene rings is 3. The molecule has 3 aromatic carbocycles. The molecule has 1 aliphatic carbocycles. The summed E-state index contributed by atoms with van der Waals surface area (Å²) in [5, 5.41) is 3.60. The number of nitrogens with one attached hydrogen (secondary N) is 2. The topological polar surface area (TPSA) is 85.9 Å². The van der Waals surface area contributed by atoms with E-state index in [-0.39, 0.29) is 28.5 Å². The van der Waals surface area contributed by atoms with Crippen molar-refractivity contribution in [2.24, 2.45) is 5.92 Å². The molecule has 0 radical (unpaired) electrons. The van der Waals surface area contributed by atoms with Crippen LogP contribution in [0, 0.1) is 11.7 Å². The van der Waals surface area contributed by atoms with Crippen LogP contribution in [-0.4, -0.2) is 29.7 Å². The fourth-order valence-electron chi connectivity index (χ4n) is 5.10. The first-order valence-corrected chi connectivity index (χ1v) is 13.0. The Kier molecular flexibility index (Phi) is 6.26. The van der Waals surface area contributed by atoms with Gasteiger partial charge in [-0.25, -0.2) is 12.8 Å². The summed E-state index contributed by atoms with van der Waals surface area (Å²) in [6.07, 6.45) is 5.06. The maximum atomic E-state index is 14.1. The first-order chi connectivity index (χ1) is 17.4. The zero-order chi connectivity index (χ0) is 25.4. The van der Waals surface area contributed by atoms with E-state index < -0.39 is 15.8 Å². The molecule has 0 unspecified atom stereocenters. The highest BCUT2D eigenvalue weighted by Gasteiger charge is 2.39. The minimum Gasteiger partial charge on any atom is -0.493 e. The Balaban J connectivity index is 1.51. The molecule has 1 heterocycles. The molecule has 0 fully saturated rings. The second kappa shape index (κ2) is 9.39. The Morgan fingerprint density at radius 3 is 2.36 bits per heavy atom. The van der Waals surface area contributed by atoms with Gasteiger partial charge in [0.1, 0.15) is 5.82 Å². The molecule has 9 heteroatoms. The van der Waals surface area contributed by atoms with Gasteiger partial charge >= 0.3 is 0 Å². The number of methoxy groups -OCH3 is 3. The predicted octanol–water partition coefficient (Wildman–Crippen LogP) is 5.48. The van der Waals surface area contributed by atoms with Gasteiger partial charge in [-0.3, -0.25) is 4.72 Å². The number of ether oxygens (including phenoxy) is 3. The van der Waals surface area contributed by atoms with E-state index in [2.05, 4.69) is 22.2 Å². The largest absolute Gasteiger partial charge is 0.493 e. The fourth-order valence-corrected chi connectivity index (χ4v) is 6.20. The molecule has 0 saturated heterocycles. The average Bonchev–Trinajstić information content (AvgIpc) is 3.38. The second-order valence-corrected chi connectivity index (χ2v) is 10.5. The number of halogens is 1. The van der Waals surface area contributed by atoms with Gasteiger partial charge in [0.05, 0.1) is 38.0 Å². The van der Waals surface area contributed by atoms with Crippen LogP contribution in [0.4, 0.5) is 15.8 Å². The highest BCUT2D eigenvalue weighted by molar-refractivity contribution is 7.92.